The summed E-state index contributed by atoms with van der Waals surface area (Å²) in [4.78, 5) is 2.56. The van der Waals surface area contributed by atoms with E-state index in [4.69, 9.17) is 4.42 Å². The van der Waals surface area contributed by atoms with E-state index in [1.165, 1.54) is 56.3 Å². The fourth-order valence-corrected chi connectivity index (χ4v) is 3.35. The standard InChI is InChI=1S/C18H24N2O.ClH/c1-2-4-18-17(3-1)15(13-21-18)12-20-9-7-16(8-10-20)19-11-14-5-6-14;/h1-4,13-14,16,19H,5-12H2;1H. The third-order valence-corrected chi connectivity index (χ3v) is 4.93. The number of likely N-dealkylation sites (tertiary alicyclic amines) is 1. The molecule has 2 fully saturated rings. The fraction of sp³-hybridized carbons (Fsp3) is 0.556. The predicted molar refractivity (Wildman–Crippen MR) is 92.5 cm³/mol. The van der Waals surface area contributed by atoms with Gasteiger partial charge in [-0.3, -0.25) is 4.90 Å². The maximum absolute atomic E-state index is 5.64. The topological polar surface area (TPSA) is 28.4 Å². The maximum Gasteiger partial charge on any atom is 0.134 e. The number of hydrogen-bond donors (Lipinski definition) is 1. The third-order valence-electron chi connectivity index (χ3n) is 4.93. The lowest BCUT2D eigenvalue weighted by Gasteiger charge is -2.32. The van der Waals surface area contributed by atoms with Gasteiger partial charge in [0, 0.05) is 23.5 Å². The minimum absolute atomic E-state index is 0. The maximum atomic E-state index is 5.64. The van der Waals surface area contributed by atoms with Crippen molar-refractivity contribution in [1.82, 2.24) is 10.2 Å². The van der Waals surface area contributed by atoms with Crippen LogP contribution in [0.2, 0.25) is 0 Å². The Morgan fingerprint density at radius 3 is 2.64 bits per heavy atom. The largest absolute Gasteiger partial charge is 0.464 e. The van der Waals surface area contributed by atoms with Crippen LogP contribution in [0.5, 0.6) is 0 Å². The number of halogens is 1. The van der Waals surface area contributed by atoms with E-state index in [1.54, 1.807) is 0 Å². The summed E-state index contributed by atoms with van der Waals surface area (Å²) in [6, 6.07) is 9.08. The molecule has 1 aliphatic heterocycles. The summed E-state index contributed by atoms with van der Waals surface area (Å²) in [7, 11) is 0. The number of furan rings is 1. The summed E-state index contributed by atoms with van der Waals surface area (Å²) in [5.41, 5.74) is 2.34. The van der Waals surface area contributed by atoms with Crippen molar-refractivity contribution in [2.24, 2.45) is 5.92 Å². The Balaban J connectivity index is 0.00000144. The number of rotatable bonds is 5. The molecular weight excluding hydrogens is 296 g/mol. The van der Waals surface area contributed by atoms with Crippen molar-refractivity contribution >= 4 is 23.4 Å². The average Bonchev–Trinajstić information content (AvgIpc) is 3.28. The van der Waals surface area contributed by atoms with Crippen molar-refractivity contribution in [1.29, 1.82) is 0 Å². The average molecular weight is 321 g/mol. The highest BCUT2D eigenvalue weighted by atomic mass is 35.5. The zero-order chi connectivity index (χ0) is 14.1. The van der Waals surface area contributed by atoms with E-state index in [0.717, 1.165) is 24.1 Å². The molecule has 2 heterocycles. The van der Waals surface area contributed by atoms with Crippen LogP contribution in [0.3, 0.4) is 0 Å². The molecule has 1 aliphatic carbocycles. The van der Waals surface area contributed by atoms with Gasteiger partial charge in [0.2, 0.25) is 0 Å². The summed E-state index contributed by atoms with van der Waals surface area (Å²) in [5, 5.41) is 5.02. The molecular formula is C18H25ClN2O. The van der Waals surface area contributed by atoms with Crippen molar-refractivity contribution in [2.45, 2.75) is 38.3 Å². The first-order chi connectivity index (χ1) is 10.4. The molecule has 1 aromatic heterocycles. The van der Waals surface area contributed by atoms with Gasteiger partial charge in [0.15, 0.2) is 0 Å². The Bertz CT molecular complexity index is 600. The molecule has 4 heteroatoms. The van der Waals surface area contributed by atoms with Crippen LogP contribution < -0.4 is 5.32 Å². The first-order valence-corrected chi connectivity index (χ1v) is 8.29. The Hall–Kier alpha value is -1.03. The van der Waals surface area contributed by atoms with Gasteiger partial charge in [0.05, 0.1) is 6.26 Å². The van der Waals surface area contributed by atoms with Gasteiger partial charge < -0.3 is 9.73 Å². The van der Waals surface area contributed by atoms with Crippen molar-refractivity contribution in [3.05, 3.63) is 36.1 Å². The molecule has 0 radical (unpaired) electrons. The highest BCUT2D eigenvalue weighted by Crippen LogP contribution is 2.28. The molecule has 0 bridgehead atoms. The second-order valence-corrected chi connectivity index (χ2v) is 6.66. The van der Waals surface area contributed by atoms with E-state index in [1.807, 2.05) is 18.4 Å². The van der Waals surface area contributed by atoms with Gasteiger partial charge in [-0.2, -0.15) is 0 Å². The molecule has 0 atom stereocenters. The smallest absolute Gasteiger partial charge is 0.134 e. The molecule has 1 saturated carbocycles. The number of nitrogens with one attached hydrogen (secondary N) is 1. The number of fused-ring (bicyclic) bond motifs is 1. The number of nitrogens with zero attached hydrogens (tertiary/aromatic N) is 1. The van der Waals surface area contributed by atoms with Crippen molar-refractivity contribution in [3.63, 3.8) is 0 Å². The fourth-order valence-electron chi connectivity index (χ4n) is 3.35. The minimum Gasteiger partial charge on any atom is -0.464 e. The number of hydrogen-bond acceptors (Lipinski definition) is 3. The van der Waals surface area contributed by atoms with Crippen LogP contribution in [0.1, 0.15) is 31.2 Å². The lowest BCUT2D eigenvalue weighted by atomic mass is 10.0. The third kappa shape index (κ3) is 3.65. The van der Waals surface area contributed by atoms with E-state index in [0.29, 0.717) is 0 Å². The van der Waals surface area contributed by atoms with Crippen LogP contribution in [0.4, 0.5) is 0 Å². The van der Waals surface area contributed by atoms with Crippen molar-refractivity contribution in [3.8, 4) is 0 Å². The lowest BCUT2D eigenvalue weighted by molar-refractivity contribution is 0.190. The zero-order valence-corrected chi connectivity index (χ0v) is 13.8. The molecule has 0 spiro atoms. The van der Waals surface area contributed by atoms with Crippen LogP contribution in [-0.2, 0) is 6.54 Å². The Labute approximate surface area is 138 Å². The Morgan fingerprint density at radius 1 is 1.09 bits per heavy atom. The highest BCUT2D eigenvalue weighted by Gasteiger charge is 2.24. The van der Waals surface area contributed by atoms with Crippen molar-refractivity contribution < 1.29 is 4.42 Å². The Kier molecular flexibility index (Phi) is 5.07. The summed E-state index contributed by atoms with van der Waals surface area (Å²) >= 11 is 0. The quantitative estimate of drug-likeness (QED) is 0.908. The highest BCUT2D eigenvalue weighted by molar-refractivity contribution is 5.85. The van der Waals surface area contributed by atoms with Gasteiger partial charge in [-0.1, -0.05) is 18.2 Å². The molecule has 2 aromatic rings. The summed E-state index contributed by atoms with van der Waals surface area (Å²) < 4.78 is 5.64. The van der Waals surface area contributed by atoms with Gasteiger partial charge >= 0.3 is 0 Å². The van der Waals surface area contributed by atoms with Gasteiger partial charge in [-0.25, -0.2) is 0 Å². The molecule has 4 rings (SSSR count). The lowest BCUT2D eigenvalue weighted by Crippen LogP contribution is -2.42. The van der Waals surface area contributed by atoms with Crippen LogP contribution >= 0.6 is 12.4 Å². The molecule has 0 unspecified atom stereocenters. The van der Waals surface area contributed by atoms with Gasteiger partial charge in [-0.15, -0.1) is 12.4 Å². The van der Waals surface area contributed by atoms with Crippen molar-refractivity contribution in [2.75, 3.05) is 19.6 Å². The molecule has 2 aliphatic rings. The first-order valence-electron chi connectivity index (χ1n) is 8.29. The second-order valence-electron chi connectivity index (χ2n) is 6.66. The normalized spacial score (nSPS) is 20.2. The zero-order valence-electron chi connectivity index (χ0n) is 13.0. The van der Waals surface area contributed by atoms with Crippen LogP contribution in [0, 0.1) is 5.92 Å². The van der Waals surface area contributed by atoms with Gasteiger partial charge in [-0.05, 0) is 57.3 Å². The van der Waals surface area contributed by atoms with Gasteiger partial charge in [0.1, 0.15) is 5.58 Å². The molecule has 1 saturated heterocycles. The minimum atomic E-state index is 0. The molecule has 22 heavy (non-hydrogen) atoms. The van der Waals surface area contributed by atoms with Crippen LogP contribution in [-0.4, -0.2) is 30.6 Å². The van der Waals surface area contributed by atoms with Crippen LogP contribution in [0.15, 0.2) is 34.9 Å². The summed E-state index contributed by atoms with van der Waals surface area (Å²) in [6.45, 7) is 4.66. The van der Waals surface area contributed by atoms with E-state index in [-0.39, 0.29) is 12.4 Å². The number of piperidine rings is 1. The summed E-state index contributed by atoms with van der Waals surface area (Å²) in [5.74, 6) is 0.986. The molecule has 3 nitrogen and oxygen atoms in total. The molecule has 120 valence electrons. The monoisotopic (exact) mass is 320 g/mol. The van der Waals surface area contributed by atoms with E-state index in [2.05, 4.69) is 22.3 Å². The molecule has 1 N–H and O–H groups in total. The second kappa shape index (κ2) is 7.03. The SMILES string of the molecule is Cl.c1ccc2c(CN3CCC(NCC4CC4)CC3)coc2c1. The predicted octanol–water partition coefficient (Wildman–Crippen LogP) is 3.82. The van der Waals surface area contributed by atoms with E-state index >= 15 is 0 Å². The van der Waals surface area contributed by atoms with E-state index < -0.39 is 0 Å². The molecule has 0 amide bonds. The first kappa shape index (κ1) is 15.9. The Morgan fingerprint density at radius 2 is 1.86 bits per heavy atom. The van der Waals surface area contributed by atoms with Gasteiger partial charge in [0.25, 0.3) is 0 Å². The summed E-state index contributed by atoms with van der Waals surface area (Å²) in [6.07, 6.45) is 7.38. The van der Waals surface area contributed by atoms with E-state index in [9.17, 15) is 0 Å². The number of benzene rings is 1. The van der Waals surface area contributed by atoms with Crippen LogP contribution in [0.25, 0.3) is 11.0 Å². The molecule has 1 aromatic carbocycles. The number of para-hydroxylation sites is 1.